The fourth-order valence-corrected chi connectivity index (χ4v) is 1.97. The lowest BCUT2D eigenvalue weighted by Crippen LogP contribution is -2.28. The lowest BCUT2D eigenvalue weighted by Gasteiger charge is -2.11. The summed E-state index contributed by atoms with van der Waals surface area (Å²) < 4.78 is 10.6. The van der Waals surface area contributed by atoms with Crippen LogP contribution in [0.3, 0.4) is 0 Å². The number of hydrogen-bond acceptors (Lipinski definition) is 3. The Morgan fingerprint density at radius 3 is 2.50 bits per heavy atom. The predicted octanol–water partition coefficient (Wildman–Crippen LogP) is 3.42. The van der Waals surface area contributed by atoms with Crippen molar-refractivity contribution in [2.45, 2.75) is 13.5 Å². The van der Waals surface area contributed by atoms with Gasteiger partial charge in [-0.15, -0.1) is 0 Å². The second-order valence-corrected chi connectivity index (χ2v) is 4.58. The van der Waals surface area contributed by atoms with E-state index in [-0.39, 0.29) is 6.03 Å². The van der Waals surface area contributed by atoms with Crippen LogP contribution in [0.1, 0.15) is 12.5 Å². The minimum atomic E-state index is -0.279. The van der Waals surface area contributed by atoms with Crippen molar-refractivity contribution in [3.8, 4) is 11.5 Å². The van der Waals surface area contributed by atoms with Gasteiger partial charge in [-0.2, -0.15) is 0 Å². The summed E-state index contributed by atoms with van der Waals surface area (Å²) in [6.45, 7) is 3.02. The Morgan fingerprint density at radius 1 is 1.09 bits per heavy atom. The van der Waals surface area contributed by atoms with Crippen LogP contribution in [-0.2, 0) is 6.54 Å². The highest BCUT2D eigenvalue weighted by Gasteiger charge is 2.06. The fraction of sp³-hybridized carbons (Fsp3) is 0.235. The Hall–Kier alpha value is -2.69. The number of nitrogens with one attached hydrogen (secondary N) is 2. The maximum absolute atomic E-state index is 11.9. The van der Waals surface area contributed by atoms with Gasteiger partial charge in [-0.1, -0.05) is 24.3 Å². The van der Waals surface area contributed by atoms with Gasteiger partial charge in [0.15, 0.2) is 0 Å². The van der Waals surface area contributed by atoms with Crippen molar-refractivity contribution in [3.63, 3.8) is 0 Å². The third kappa shape index (κ3) is 4.41. The van der Waals surface area contributed by atoms with Gasteiger partial charge in [-0.25, -0.2) is 4.79 Å². The summed E-state index contributed by atoms with van der Waals surface area (Å²) in [6.07, 6.45) is 0. The third-order valence-corrected chi connectivity index (χ3v) is 3.04. The highest BCUT2D eigenvalue weighted by atomic mass is 16.5. The molecule has 0 radical (unpaired) electrons. The quantitative estimate of drug-likeness (QED) is 0.859. The summed E-state index contributed by atoms with van der Waals surface area (Å²) in [5.74, 6) is 1.45. The Morgan fingerprint density at radius 2 is 1.82 bits per heavy atom. The van der Waals surface area contributed by atoms with Gasteiger partial charge in [0.2, 0.25) is 0 Å². The van der Waals surface area contributed by atoms with Crippen LogP contribution in [0.25, 0.3) is 0 Å². The fourth-order valence-electron chi connectivity index (χ4n) is 1.97. The maximum Gasteiger partial charge on any atom is 0.319 e. The zero-order valence-corrected chi connectivity index (χ0v) is 12.8. The Balaban J connectivity index is 1.87. The van der Waals surface area contributed by atoms with Crippen molar-refractivity contribution in [2.75, 3.05) is 19.0 Å². The molecule has 0 spiro atoms. The molecule has 0 aromatic heterocycles. The van der Waals surface area contributed by atoms with Gasteiger partial charge in [-0.05, 0) is 36.8 Å². The van der Waals surface area contributed by atoms with Crippen molar-refractivity contribution in [1.82, 2.24) is 5.32 Å². The molecular weight excluding hydrogens is 280 g/mol. The van der Waals surface area contributed by atoms with E-state index in [2.05, 4.69) is 10.6 Å². The van der Waals surface area contributed by atoms with Crippen molar-refractivity contribution < 1.29 is 14.3 Å². The van der Waals surface area contributed by atoms with Crippen LogP contribution in [0.2, 0.25) is 0 Å². The van der Waals surface area contributed by atoms with E-state index in [9.17, 15) is 4.79 Å². The largest absolute Gasteiger partial charge is 0.495 e. The number of carbonyl (C=O) groups excluding carboxylic acids is 1. The average Bonchev–Trinajstić information content (AvgIpc) is 2.55. The molecule has 0 heterocycles. The number of benzene rings is 2. The predicted molar refractivity (Wildman–Crippen MR) is 86.5 cm³/mol. The smallest absolute Gasteiger partial charge is 0.319 e. The van der Waals surface area contributed by atoms with Gasteiger partial charge in [0.1, 0.15) is 11.5 Å². The zero-order valence-electron chi connectivity index (χ0n) is 12.8. The number of hydrogen-bond donors (Lipinski definition) is 2. The van der Waals surface area contributed by atoms with Crippen molar-refractivity contribution in [2.24, 2.45) is 0 Å². The summed E-state index contributed by atoms with van der Waals surface area (Å²) >= 11 is 0. The van der Waals surface area contributed by atoms with Crippen LogP contribution in [0.4, 0.5) is 10.5 Å². The van der Waals surface area contributed by atoms with Crippen LogP contribution in [-0.4, -0.2) is 19.7 Å². The van der Waals surface area contributed by atoms with Crippen LogP contribution in [0, 0.1) is 0 Å². The van der Waals surface area contributed by atoms with Crippen LogP contribution in [0.5, 0.6) is 11.5 Å². The number of methoxy groups -OCH3 is 1. The van der Waals surface area contributed by atoms with Crippen LogP contribution in [0.15, 0.2) is 48.5 Å². The molecule has 0 aliphatic carbocycles. The SMILES string of the molecule is CCOc1ccc(CNC(=O)Nc2ccccc2OC)cc1. The zero-order chi connectivity index (χ0) is 15.8. The molecule has 0 saturated carbocycles. The molecule has 0 aliphatic rings. The Kier molecular flexibility index (Phi) is 5.65. The molecule has 0 saturated heterocycles. The first kappa shape index (κ1) is 15.7. The minimum absolute atomic E-state index is 0.279. The first-order valence-electron chi connectivity index (χ1n) is 7.12. The Bertz CT molecular complexity index is 612. The molecular formula is C17H20N2O3. The van der Waals surface area contributed by atoms with Crippen LogP contribution >= 0.6 is 0 Å². The van der Waals surface area contributed by atoms with E-state index >= 15 is 0 Å². The van der Waals surface area contributed by atoms with Gasteiger partial charge < -0.3 is 20.1 Å². The van der Waals surface area contributed by atoms with Gasteiger partial charge in [0, 0.05) is 6.54 Å². The Labute approximate surface area is 130 Å². The van der Waals surface area contributed by atoms with Crippen molar-refractivity contribution >= 4 is 11.7 Å². The number of anilines is 1. The lowest BCUT2D eigenvalue weighted by atomic mass is 10.2. The van der Waals surface area contributed by atoms with E-state index < -0.39 is 0 Å². The van der Waals surface area contributed by atoms with Crippen molar-refractivity contribution in [3.05, 3.63) is 54.1 Å². The van der Waals surface area contributed by atoms with Gasteiger partial charge >= 0.3 is 6.03 Å². The summed E-state index contributed by atoms with van der Waals surface area (Å²) in [4.78, 5) is 11.9. The van der Waals surface area contributed by atoms with Crippen molar-refractivity contribution in [1.29, 1.82) is 0 Å². The molecule has 0 bridgehead atoms. The minimum Gasteiger partial charge on any atom is -0.495 e. The van der Waals surface area contributed by atoms with Crippen LogP contribution < -0.4 is 20.1 Å². The standard InChI is InChI=1S/C17H20N2O3/c1-3-22-14-10-8-13(9-11-14)12-18-17(20)19-15-6-4-5-7-16(15)21-2/h4-11H,3,12H2,1-2H3,(H2,18,19,20). The molecule has 2 N–H and O–H groups in total. The van der Waals surface area contributed by atoms with Gasteiger partial charge in [0.05, 0.1) is 19.4 Å². The van der Waals surface area contributed by atoms with E-state index in [4.69, 9.17) is 9.47 Å². The number of ether oxygens (including phenoxy) is 2. The molecule has 0 aliphatic heterocycles. The topological polar surface area (TPSA) is 59.6 Å². The first-order valence-corrected chi connectivity index (χ1v) is 7.12. The molecule has 2 aromatic rings. The summed E-state index contributed by atoms with van der Waals surface area (Å²) in [5, 5.41) is 5.57. The number of urea groups is 1. The highest BCUT2D eigenvalue weighted by Crippen LogP contribution is 2.22. The van der Waals surface area contributed by atoms with E-state index in [0.29, 0.717) is 24.6 Å². The summed E-state index contributed by atoms with van der Waals surface area (Å²) in [5.41, 5.74) is 1.63. The molecule has 2 aromatic carbocycles. The van der Waals surface area contributed by atoms with E-state index in [0.717, 1.165) is 11.3 Å². The van der Waals surface area contributed by atoms with E-state index in [1.807, 2.05) is 43.3 Å². The summed E-state index contributed by atoms with van der Waals surface area (Å²) in [6, 6.07) is 14.6. The third-order valence-electron chi connectivity index (χ3n) is 3.04. The normalized spacial score (nSPS) is 9.91. The monoisotopic (exact) mass is 300 g/mol. The van der Waals surface area contributed by atoms with Gasteiger partial charge in [0.25, 0.3) is 0 Å². The molecule has 116 valence electrons. The lowest BCUT2D eigenvalue weighted by molar-refractivity contribution is 0.251. The molecule has 0 unspecified atom stereocenters. The van der Waals surface area contributed by atoms with E-state index in [1.165, 1.54) is 0 Å². The highest BCUT2D eigenvalue weighted by molar-refractivity contribution is 5.90. The number of rotatable bonds is 6. The summed E-state index contributed by atoms with van der Waals surface area (Å²) in [7, 11) is 1.57. The average molecular weight is 300 g/mol. The number of carbonyl (C=O) groups is 1. The van der Waals surface area contributed by atoms with Gasteiger partial charge in [-0.3, -0.25) is 0 Å². The second-order valence-electron chi connectivity index (χ2n) is 4.58. The van der Waals surface area contributed by atoms with E-state index in [1.54, 1.807) is 19.2 Å². The molecule has 22 heavy (non-hydrogen) atoms. The molecule has 2 rings (SSSR count). The molecule has 5 nitrogen and oxygen atoms in total. The first-order chi connectivity index (χ1) is 10.7. The number of para-hydroxylation sites is 2. The molecule has 0 fully saturated rings. The second kappa shape index (κ2) is 7.93. The molecule has 5 heteroatoms. The maximum atomic E-state index is 11.9. The number of amides is 2. The molecule has 0 atom stereocenters. The molecule has 2 amide bonds.